The van der Waals surface area contributed by atoms with Gasteiger partial charge in [0, 0.05) is 10.4 Å². The normalized spacial score (nSPS) is 16.2. The van der Waals surface area contributed by atoms with E-state index < -0.39 is 5.91 Å². The third-order valence-electron chi connectivity index (χ3n) is 4.40. The highest BCUT2D eigenvalue weighted by Gasteiger charge is 2.27. The lowest BCUT2D eigenvalue weighted by Crippen LogP contribution is -2.19. The minimum atomic E-state index is -0.488. The molecule has 1 unspecified atom stereocenters. The van der Waals surface area contributed by atoms with E-state index in [9.17, 15) is 9.59 Å². The van der Waals surface area contributed by atoms with Crippen molar-refractivity contribution in [2.75, 3.05) is 12.4 Å². The molecule has 3 rings (SSSR count). The zero-order valence-corrected chi connectivity index (χ0v) is 16.4. The Kier molecular flexibility index (Phi) is 5.15. The van der Waals surface area contributed by atoms with Crippen molar-refractivity contribution in [3.63, 3.8) is 0 Å². The van der Waals surface area contributed by atoms with E-state index in [0.717, 1.165) is 29.7 Å². The van der Waals surface area contributed by atoms with Gasteiger partial charge in [-0.05, 0) is 64.9 Å². The molecule has 7 heteroatoms. The van der Waals surface area contributed by atoms with Gasteiger partial charge in [-0.2, -0.15) is 0 Å². The Balaban J connectivity index is 1.91. The van der Waals surface area contributed by atoms with Crippen LogP contribution in [0.2, 0.25) is 0 Å². The number of carbonyl (C=O) groups excluding carboxylic acids is 2. The molecule has 0 spiro atoms. The molecule has 1 aliphatic rings. The third kappa shape index (κ3) is 3.57. The Labute approximate surface area is 158 Å². The Hall–Kier alpha value is -1.86. The molecule has 132 valence electrons. The molecule has 0 fully saturated rings. The summed E-state index contributed by atoms with van der Waals surface area (Å²) in [6.07, 6.45) is 2.78. The summed E-state index contributed by atoms with van der Waals surface area (Å²) in [5, 5.41) is 3.41. The maximum absolute atomic E-state index is 12.6. The van der Waals surface area contributed by atoms with Crippen molar-refractivity contribution in [1.82, 2.24) is 0 Å². The van der Waals surface area contributed by atoms with Crippen LogP contribution in [0.5, 0.6) is 5.75 Å². The number of nitrogens with two attached hydrogens (primary N) is 1. The van der Waals surface area contributed by atoms with Gasteiger partial charge in [0.05, 0.1) is 17.1 Å². The van der Waals surface area contributed by atoms with Gasteiger partial charge < -0.3 is 15.8 Å². The van der Waals surface area contributed by atoms with Crippen LogP contribution in [-0.4, -0.2) is 18.9 Å². The van der Waals surface area contributed by atoms with Crippen molar-refractivity contribution in [2.45, 2.75) is 26.2 Å². The number of anilines is 1. The standard InChI is InChI=1S/C18H19BrN2O3S/c1-9-3-5-11-14(7-9)25-18(15(11)16(20)22)21-17(23)10-4-6-13(24-2)12(19)8-10/h4,6,8-9H,3,5,7H2,1-2H3,(H2,20,22)(H,21,23). The summed E-state index contributed by atoms with van der Waals surface area (Å²) >= 11 is 4.83. The molecule has 2 aromatic rings. The van der Waals surface area contributed by atoms with Crippen LogP contribution in [0.15, 0.2) is 22.7 Å². The fraction of sp³-hybridized carbons (Fsp3) is 0.333. The van der Waals surface area contributed by atoms with Gasteiger partial charge >= 0.3 is 0 Å². The second kappa shape index (κ2) is 7.17. The summed E-state index contributed by atoms with van der Waals surface area (Å²) in [6.45, 7) is 2.19. The molecule has 0 radical (unpaired) electrons. The predicted molar refractivity (Wildman–Crippen MR) is 103 cm³/mol. The van der Waals surface area contributed by atoms with Crippen LogP contribution in [0.4, 0.5) is 5.00 Å². The van der Waals surface area contributed by atoms with E-state index in [1.807, 2.05) is 0 Å². The highest BCUT2D eigenvalue weighted by molar-refractivity contribution is 9.10. The first-order chi connectivity index (χ1) is 11.9. The number of rotatable bonds is 4. The lowest BCUT2D eigenvalue weighted by Gasteiger charge is -2.18. The van der Waals surface area contributed by atoms with Crippen molar-refractivity contribution in [3.05, 3.63) is 44.2 Å². The zero-order valence-electron chi connectivity index (χ0n) is 14.0. The number of hydrogen-bond acceptors (Lipinski definition) is 4. The van der Waals surface area contributed by atoms with Gasteiger partial charge in [0.25, 0.3) is 11.8 Å². The number of methoxy groups -OCH3 is 1. The van der Waals surface area contributed by atoms with Crippen molar-refractivity contribution in [1.29, 1.82) is 0 Å². The molecule has 3 N–H and O–H groups in total. The van der Waals surface area contributed by atoms with Gasteiger partial charge in [-0.15, -0.1) is 11.3 Å². The third-order valence-corrected chi connectivity index (χ3v) is 6.19. The van der Waals surface area contributed by atoms with Crippen LogP contribution in [0.1, 0.15) is 44.5 Å². The summed E-state index contributed by atoms with van der Waals surface area (Å²) in [7, 11) is 1.57. The quantitative estimate of drug-likeness (QED) is 0.780. The van der Waals surface area contributed by atoms with Crippen LogP contribution in [0.25, 0.3) is 0 Å². The number of benzene rings is 1. The lowest BCUT2D eigenvalue weighted by atomic mass is 9.88. The highest BCUT2D eigenvalue weighted by Crippen LogP contribution is 2.39. The first-order valence-corrected chi connectivity index (χ1v) is 9.61. The summed E-state index contributed by atoms with van der Waals surface area (Å²) in [5.74, 6) is 0.457. The predicted octanol–water partition coefficient (Wildman–Crippen LogP) is 4.00. The number of fused-ring (bicyclic) bond motifs is 1. The van der Waals surface area contributed by atoms with Gasteiger partial charge in [0.15, 0.2) is 0 Å². The maximum atomic E-state index is 12.6. The molecule has 1 aliphatic carbocycles. The number of ether oxygens (including phenoxy) is 1. The smallest absolute Gasteiger partial charge is 0.256 e. The Morgan fingerprint density at radius 1 is 1.40 bits per heavy atom. The van der Waals surface area contributed by atoms with Crippen molar-refractivity contribution >= 4 is 44.1 Å². The molecular weight excluding hydrogens is 404 g/mol. The van der Waals surface area contributed by atoms with Gasteiger partial charge in [-0.3, -0.25) is 9.59 Å². The van der Waals surface area contributed by atoms with E-state index >= 15 is 0 Å². The zero-order chi connectivity index (χ0) is 18.1. The fourth-order valence-corrected chi connectivity index (χ4v) is 5.03. The molecule has 2 amide bonds. The maximum Gasteiger partial charge on any atom is 0.256 e. The molecule has 0 saturated heterocycles. The monoisotopic (exact) mass is 422 g/mol. The van der Waals surface area contributed by atoms with E-state index in [1.165, 1.54) is 11.3 Å². The first-order valence-electron chi connectivity index (χ1n) is 8.00. The van der Waals surface area contributed by atoms with Crippen molar-refractivity contribution in [3.8, 4) is 5.75 Å². The molecule has 5 nitrogen and oxygen atoms in total. The number of amides is 2. The van der Waals surface area contributed by atoms with Crippen LogP contribution in [0.3, 0.4) is 0 Å². The molecule has 1 aromatic heterocycles. The minimum absolute atomic E-state index is 0.280. The van der Waals surface area contributed by atoms with Crippen LogP contribution >= 0.6 is 27.3 Å². The van der Waals surface area contributed by atoms with Crippen LogP contribution in [0, 0.1) is 5.92 Å². The average molecular weight is 423 g/mol. The number of primary amides is 1. The fourth-order valence-electron chi connectivity index (χ4n) is 3.08. The molecule has 1 heterocycles. The summed E-state index contributed by atoms with van der Waals surface area (Å²) < 4.78 is 5.87. The van der Waals surface area contributed by atoms with E-state index in [4.69, 9.17) is 10.5 Å². The molecule has 1 aromatic carbocycles. The molecule has 0 bridgehead atoms. The molecule has 25 heavy (non-hydrogen) atoms. The van der Waals surface area contributed by atoms with E-state index in [0.29, 0.717) is 32.3 Å². The van der Waals surface area contributed by atoms with Gasteiger partial charge in [0.1, 0.15) is 10.8 Å². The number of halogens is 1. The second-order valence-electron chi connectivity index (χ2n) is 6.22. The number of hydrogen-bond donors (Lipinski definition) is 2. The molecule has 0 saturated carbocycles. The Bertz CT molecular complexity index is 847. The minimum Gasteiger partial charge on any atom is -0.496 e. The molecule has 0 aliphatic heterocycles. The first kappa shape index (κ1) is 17.9. The van der Waals surface area contributed by atoms with Gasteiger partial charge in [-0.25, -0.2) is 0 Å². The molecular formula is C18H19BrN2O3S. The number of thiophene rings is 1. The van der Waals surface area contributed by atoms with Crippen molar-refractivity contribution < 1.29 is 14.3 Å². The largest absolute Gasteiger partial charge is 0.496 e. The van der Waals surface area contributed by atoms with Gasteiger partial charge in [0.2, 0.25) is 0 Å². The summed E-state index contributed by atoms with van der Waals surface area (Å²) in [4.78, 5) is 25.7. The average Bonchev–Trinajstić information content (AvgIpc) is 2.91. The lowest BCUT2D eigenvalue weighted by molar-refractivity contribution is 0.1000. The second-order valence-corrected chi connectivity index (χ2v) is 8.18. The Morgan fingerprint density at radius 3 is 2.80 bits per heavy atom. The summed E-state index contributed by atoms with van der Waals surface area (Å²) in [5.41, 5.74) is 7.53. The highest BCUT2D eigenvalue weighted by atomic mass is 79.9. The topological polar surface area (TPSA) is 81.4 Å². The van der Waals surface area contributed by atoms with Crippen LogP contribution < -0.4 is 15.8 Å². The van der Waals surface area contributed by atoms with Gasteiger partial charge in [-0.1, -0.05) is 6.92 Å². The van der Waals surface area contributed by atoms with E-state index in [-0.39, 0.29) is 5.91 Å². The number of nitrogens with one attached hydrogen (secondary N) is 1. The SMILES string of the molecule is COc1ccc(C(=O)Nc2sc3c(c2C(N)=O)CCC(C)C3)cc1Br. The molecule has 1 atom stereocenters. The van der Waals surface area contributed by atoms with Crippen molar-refractivity contribution in [2.24, 2.45) is 11.7 Å². The van der Waals surface area contributed by atoms with E-state index in [1.54, 1.807) is 25.3 Å². The van der Waals surface area contributed by atoms with Crippen LogP contribution in [-0.2, 0) is 12.8 Å². The number of carbonyl (C=O) groups is 2. The Morgan fingerprint density at radius 2 is 2.16 bits per heavy atom. The van der Waals surface area contributed by atoms with E-state index in [2.05, 4.69) is 28.2 Å². The summed E-state index contributed by atoms with van der Waals surface area (Å²) in [6, 6.07) is 5.08.